The van der Waals surface area contributed by atoms with Gasteiger partial charge in [-0.3, -0.25) is 4.79 Å². The number of nitrogens with one attached hydrogen (secondary N) is 1. The monoisotopic (exact) mass is 313 g/mol. The Balaban J connectivity index is 1.52. The Labute approximate surface area is 136 Å². The average Bonchev–Trinajstić information content (AvgIpc) is 3.13. The number of carbonyl (C=O) groups is 1. The van der Waals surface area contributed by atoms with E-state index in [0.29, 0.717) is 6.42 Å². The van der Waals surface area contributed by atoms with Crippen LogP contribution in [-0.2, 0) is 11.2 Å². The standard InChI is InChI=1S/C18H23N3O2/c1-23-17-7-3-2-6-16(17)20-11-13-21(14-12-20)18(22)9-8-15-5-4-10-19-15/h2-7,10,19H,8-9,11-14H2,1H3. The summed E-state index contributed by atoms with van der Waals surface area (Å²) in [7, 11) is 1.69. The van der Waals surface area contributed by atoms with E-state index in [-0.39, 0.29) is 5.91 Å². The van der Waals surface area contributed by atoms with Crippen molar-refractivity contribution in [3.8, 4) is 5.75 Å². The van der Waals surface area contributed by atoms with Crippen LogP contribution >= 0.6 is 0 Å². The molecule has 1 fully saturated rings. The number of hydrogen-bond donors (Lipinski definition) is 1. The summed E-state index contributed by atoms with van der Waals surface area (Å²) in [5, 5.41) is 0. The Hall–Kier alpha value is -2.43. The number of benzene rings is 1. The van der Waals surface area contributed by atoms with Crippen molar-refractivity contribution in [1.82, 2.24) is 9.88 Å². The zero-order valence-electron chi connectivity index (χ0n) is 13.5. The molecule has 1 aliphatic rings. The van der Waals surface area contributed by atoms with Gasteiger partial charge in [-0.2, -0.15) is 0 Å². The van der Waals surface area contributed by atoms with Gasteiger partial charge in [-0.15, -0.1) is 0 Å². The number of H-pyrrole nitrogens is 1. The van der Waals surface area contributed by atoms with Gasteiger partial charge in [-0.25, -0.2) is 0 Å². The fourth-order valence-corrected chi connectivity index (χ4v) is 3.01. The smallest absolute Gasteiger partial charge is 0.223 e. The average molecular weight is 313 g/mol. The van der Waals surface area contributed by atoms with Crippen LogP contribution in [0, 0.1) is 0 Å². The number of amides is 1. The number of anilines is 1. The first-order chi connectivity index (χ1) is 11.3. The molecule has 3 rings (SSSR count). The van der Waals surface area contributed by atoms with Gasteiger partial charge in [0.25, 0.3) is 0 Å². The molecule has 2 heterocycles. The van der Waals surface area contributed by atoms with Gasteiger partial charge in [0.2, 0.25) is 5.91 Å². The van der Waals surface area contributed by atoms with Gasteiger partial charge in [0, 0.05) is 44.5 Å². The van der Waals surface area contributed by atoms with Crippen molar-refractivity contribution in [3.63, 3.8) is 0 Å². The van der Waals surface area contributed by atoms with Crippen molar-refractivity contribution in [3.05, 3.63) is 48.3 Å². The van der Waals surface area contributed by atoms with E-state index in [0.717, 1.165) is 49.7 Å². The number of aromatic nitrogens is 1. The molecule has 122 valence electrons. The highest BCUT2D eigenvalue weighted by Crippen LogP contribution is 2.28. The quantitative estimate of drug-likeness (QED) is 0.921. The maximum absolute atomic E-state index is 12.3. The van der Waals surface area contributed by atoms with Crippen LogP contribution in [0.3, 0.4) is 0 Å². The van der Waals surface area contributed by atoms with Gasteiger partial charge in [-0.05, 0) is 30.7 Å². The maximum atomic E-state index is 12.3. The van der Waals surface area contributed by atoms with E-state index in [1.165, 1.54) is 0 Å². The van der Waals surface area contributed by atoms with E-state index in [1.807, 2.05) is 41.4 Å². The van der Waals surface area contributed by atoms with Crippen LogP contribution in [0.15, 0.2) is 42.6 Å². The molecule has 23 heavy (non-hydrogen) atoms. The second-order valence-corrected chi connectivity index (χ2v) is 5.74. The highest BCUT2D eigenvalue weighted by atomic mass is 16.5. The molecule has 1 aromatic heterocycles. The summed E-state index contributed by atoms with van der Waals surface area (Å²) >= 11 is 0. The number of hydrogen-bond acceptors (Lipinski definition) is 3. The summed E-state index contributed by atoms with van der Waals surface area (Å²) < 4.78 is 5.43. The van der Waals surface area contributed by atoms with Crippen LogP contribution in [0.5, 0.6) is 5.75 Å². The molecule has 2 aromatic rings. The van der Waals surface area contributed by atoms with E-state index in [1.54, 1.807) is 7.11 Å². The minimum atomic E-state index is 0.235. The van der Waals surface area contributed by atoms with Crippen LogP contribution < -0.4 is 9.64 Å². The summed E-state index contributed by atoms with van der Waals surface area (Å²) in [6.45, 7) is 3.21. The first kappa shape index (κ1) is 15.5. The lowest BCUT2D eigenvalue weighted by molar-refractivity contribution is -0.131. The molecular weight excluding hydrogens is 290 g/mol. The second kappa shape index (κ2) is 7.22. The molecule has 0 bridgehead atoms. The Kier molecular flexibility index (Phi) is 4.86. The summed E-state index contributed by atoms with van der Waals surface area (Å²) in [6, 6.07) is 12.0. The minimum absolute atomic E-state index is 0.235. The predicted molar refractivity (Wildman–Crippen MR) is 90.9 cm³/mol. The Morgan fingerprint density at radius 2 is 1.91 bits per heavy atom. The van der Waals surface area contributed by atoms with E-state index >= 15 is 0 Å². The minimum Gasteiger partial charge on any atom is -0.495 e. The molecule has 0 radical (unpaired) electrons. The molecule has 0 atom stereocenters. The van der Waals surface area contributed by atoms with E-state index in [4.69, 9.17) is 4.74 Å². The van der Waals surface area contributed by atoms with Crippen LogP contribution in [0.4, 0.5) is 5.69 Å². The predicted octanol–water partition coefficient (Wildman–Crippen LogP) is 2.30. The fraction of sp³-hybridized carbons (Fsp3) is 0.389. The molecule has 1 N–H and O–H groups in total. The number of methoxy groups -OCH3 is 1. The van der Waals surface area contributed by atoms with E-state index in [9.17, 15) is 4.79 Å². The van der Waals surface area contributed by atoms with Crippen molar-refractivity contribution < 1.29 is 9.53 Å². The van der Waals surface area contributed by atoms with Crippen molar-refractivity contribution in [1.29, 1.82) is 0 Å². The number of aryl methyl sites for hydroxylation is 1. The molecule has 5 nitrogen and oxygen atoms in total. The molecule has 0 saturated carbocycles. The number of carbonyl (C=O) groups excluding carboxylic acids is 1. The van der Waals surface area contributed by atoms with Crippen LogP contribution in [0.1, 0.15) is 12.1 Å². The molecule has 0 spiro atoms. The summed E-state index contributed by atoms with van der Waals surface area (Å²) in [5.41, 5.74) is 2.22. The van der Waals surface area contributed by atoms with Crippen molar-refractivity contribution in [2.24, 2.45) is 0 Å². The summed E-state index contributed by atoms with van der Waals surface area (Å²) in [6.07, 6.45) is 3.24. The van der Waals surface area contributed by atoms with Crippen molar-refractivity contribution in [2.75, 3.05) is 38.2 Å². The molecule has 5 heteroatoms. The van der Waals surface area contributed by atoms with Gasteiger partial charge >= 0.3 is 0 Å². The lowest BCUT2D eigenvalue weighted by atomic mass is 10.2. The molecule has 1 aromatic carbocycles. The molecule has 0 aliphatic carbocycles. The molecule has 1 amide bonds. The Morgan fingerprint density at radius 1 is 1.13 bits per heavy atom. The van der Waals surface area contributed by atoms with E-state index in [2.05, 4.69) is 16.0 Å². The fourth-order valence-electron chi connectivity index (χ4n) is 3.01. The molecule has 1 saturated heterocycles. The third kappa shape index (κ3) is 3.67. The third-order valence-electron chi connectivity index (χ3n) is 4.33. The largest absolute Gasteiger partial charge is 0.495 e. The van der Waals surface area contributed by atoms with Crippen LogP contribution in [0.2, 0.25) is 0 Å². The maximum Gasteiger partial charge on any atom is 0.223 e. The molecular formula is C18H23N3O2. The molecule has 0 unspecified atom stereocenters. The number of piperazine rings is 1. The van der Waals surface area contributed by atoms with Gasteiger partial charge in [-0.1, -0.05) is 12.1 Å². The van der Waals surface area contributed by atoms with Crippen LogP contribution in [-0.4, -0.2) is 49.1 Å². The highest BCUT2D eigenvalue weighted by Gasteiger charge is 2.22. The zero-order valence-corrected chi connectivity index (χ0v) is 13.5. The Bertz CT molecular complexity index is 631. The lowest BCUT2D eigenvalue weighted by Gasteiger charge is -2.36. The van der Waals surface area contributed by atoms with Crippen molar-refractivity contribution >= 4 is 11.6 Å². The number of ether oxygens (including phenoxy) is 1. The summed E-state index contributed by atoms with van der Waals surface area (Å²) in [5.74, 6) is 1.12. The topological polar surface area (TPSA) is 48.6 Å². The molecule has 1 aliphatic heterocycles. The third-order valence-corrected chi connectivity index (χ3v) is 4.33. The first-order valence-electron chi connectivity index (χ1n) is 8.06. The van der Waals surface area contributed by atoms with Crippen LogP contribution in [0.25, 0.3) is 0 Å². The number of aromatic amines is 1. The highest BCUT2D eigenvalue weighted by molar-refractivity contribution is 5.76. The SMILES string of the molecule is COc1ccccc1N1CCN(C(=O)CCc2ccc[nH]2)CC1. The van der Waals surface area contributed by atoms with Gasteiger partial charge in [0.05, 0.1) is 12.8 Å². The summed E-state index contributed by atoms with van der Waals surface area (Å²) in [4.78, 5) is 19.7. The van der Waals surface area contributed by atoms with Crippen molar-refractivity contribution in [2.45, 2.75) is 12.8 Å². The van der Waals surface area contributed by atoms with E-state index < -0.39 is 0 Å². The lowest BCUT2D eigenvalue weighted by Crippen LogP contribution is -2.48. The number of nitrogens with zero attached hydrogens (tertiary/aromatic N) is 2. The number of rotatable bonds is 5. The van der Waals surface area contributed by atoms with Gasteiger partial charge < -0.3 is 19.5 Å². The zero-order chi connectivity index (χ0) is 16.1. The second-order valence-electron chi connectivity index (χ2n) is 5.74. The van der Waals surface area contributed by atoms with Gasteiger partial charge in [0.15, 0.2) is 0 Å². The Morgan fingerprint density at radius 3 is 2.61 bits per heavy atom. The normalized spacial score (nSPS) is 14.8. The first-order valence-corrected chi connectivity index (χ1v) is 8.06. The van der Waals surface area contributed by atoms with Gasteiger partial charge in [0.1, 0.15) is 5.75 Å². The number of para-hydroxylation sites is 2.